The molecule has 0 saturated heterocycles. The van der Waals surface area contributed by atoms with Gasteiger partial charge in [0.1, 0.15) is 11.3 Å². The van der Waals surface area contributed by atoms with Gasteiger partial charge in [-0.05, 0) is 49.9 Å². The Labute approximate surface area is 129 Å². The lowest BCUT2D eigenvalue weighted by Crippen LogP contribution is -2.42. The zero-order valence-corrected chi connectivity index (χ0v) is 14.0. The van der Waals surface area contributed by atoms with Gasteiger partial charge in [-0.2, -0.15) is 5.26 Å². The lowest BCUT2D eigenvalue weighted by atomic mass is 10.00. The van der Waals surface area contributed by atoms with Gasteiger partial charge < -0.3 is 4.74 Å². The quantitative estimate of drug-likeness (QED) is 0.781. The summed E-state index contributed by atoms with van der Waals surface area (Å²) in [6.07, 6.45) is 1.70. The van der Waals surface area contributed by atoms with Crippen LogP contribution in [0, 0.1) is 18.3 Å². The summed E-state index contributed by atoms with van der Waals surface area (Å²) in [4.78, 5) is 0. The molecule has 0 fully saturated rings. The van der Waals surface area contributed by atoms with Crippen LogP contribution in [0.5, 0.6) is 5.75 Å². The van der Waals surface area contributed by atoms with Gasteiger partial charge in [-0.25, -0.2) is 0 Å². The second kappa shape index (κ2) is 8.05. The number of hydrogen-bond donors (Lipinski definition) is 1. The highest BCUT2D eigenvalue weighted by molar-refractivity contribution is 5.37. The van der Waals surface area contributed by atoms with Crippen molar-refractivity contribution in [3.63, 3.8) is 0 Å². The Morgan fingerprint density at radius 2 is 2.10 bits per heavy atom. The van der Waals surface area contributed by atoms with Crippen molar-refractivity contribution in [3.8, 4) is 11.8 Å². The molecule has 0 aliphatic rings. The van der Waals surface area contributed by atoms with E-state index in [0.29, 0.717) is 18.9 Å². The molecule has 0 heterocycles. The van der Waals surface area contributed by atoms with Crippen molar-refractivity contribution in [1.29, 1.82) is 5.26 Å². The van der Waals surface area contributed by atoms with Crippen molar-refractivity contribution in [3.05, 3.63) is 29.3 Å². The average molecular weight is 288 g/mol. The minimum Gasteiger partial charge on any atom is -0.493 e. The third-order valence-corrected chi connectivity index (χ3v) is 3.75. The monoisotopic (exact) mass is 288 g/mol. The SMILES string of the molecule is CCCNC(C)(C#N)CCOc1cc(C(C)C)ccc1C. The van der Waals surface area contributed by atoms with Crippen LogP contribution >= 0.6 is 0 Å². The smallest absolute Gasteiger partial charge is 0.122 e. The summed E-state index contributed by atoms with van der Waals surface area (Å²) in [7, 11) is 0. The van der Waals surface area contributed by atoms with Gasteiger partial charge in [0.2, 0.25) is 0 Å². The molecular weight excluding hydrogens is 260 g/mol. The molecule has 3 heteroatoms. The first-order valence-corrected chi connectivity index (χ1v) is 7.81. The van der Waals surface area contributed by atoms with E-state index in [1.165, 1.54) is 5.56 Å². The lowest BCUT2D eigenvalue weighted by Gasteiger charge is -2.23. The Balaban J connectivity index is 2.63. The Bertz CT molecular complexity index is 490. The van der Waals surface area contributed by atoms with E-state index in [1.54, 1.807) is 0 Å². The van der Waals surface area contributed by atoms with E-state index in [0.717, 1.165) is 24.3 Å². The molecule has 0 radical (unpaired) electrons. The first kappa shape index (κ1) is 17.5. The first-order chi connectivity index (χ1) is 9.91. The Kier molecular flexibility index (Phi) is 6.71. The molecule has 21 heavy (non-hydrogen) atoms. The highest BCUT2D eigenvalue weighted by atomic mass is 16.5. The van der Waals surface area contributed by atoms with Gasteiger partial charge >= 0.3 is 0 Å². The summed E-state index contributed by atoms with van der Waals surface area (Å²) >= 11 is 0. The zero-order chi connectivity index (χ0) is 15.9. The molecule has 0 aliphatic heterocycles. The van der Waals surface area contributed by atoms with Crippen LogP contribution in [0.25, 0.3) is 0 Å². The number of rotatable bonds is 8. The van der Waals surface area contributed by atoms with Crippen molar-refractivity contribution >= 4 is 0 Å². The number of benzene rings is 1. The predicted molar refractivity (Wildman–Crippen MR) is 87.7 cm³/mol. The molecule has 1 N–H and O–H groups in total. The summed E-state index contributed by atoms with van der Waals surface area (Å²) in [5.74, 6) is 1.42. The number of nitrogens with zero attached hydrogens (tertiary/aromatic N) is 1. The first-order valence-electron chi connectivity index (χ1n) is 7.81. The molecule has 3 nitrogen and oxygen atoms in total. The van der Waals surface area contributed by atoms with Gasteiger partial charge in [0.25, 0.3) is 0 Å². The fourth-order valence-corrected chi connectivity index (χ4v) is 2.08. The van der Waals surface area contributed by atoms with E-state index in [9.17, 15) is 5.26 Å². The molecule has 1 rings (SSSR count). The van der Waals surface area contributed by atoms with Gasteiger partial charge in [-0.3, -0.25) is 5.32 Å². The Morgan fingerprint density at radius 3 is 2.67 bits per heavy atom. The average Bonchev–Trinajstić information content (AvgIpc) is 2.47. The molecule has 0 saturated carbocycles. The third-order valence-electron chi connectivity index (χ3n) is 3.75. The van der Waals surface area contributed by atoms with Crippen molar-refractivity contribution in [2.45, 2.75) is 58.9 Å². The van der Waals surface area contributed by atoms with Gasteiger partial charge in [-0.1, -0.05) is 32.9 Å². The summed E-state index contributed by atoms with van der Waals surface area (Å²) in [6.45, 7) is 11.8. The number of nitriles is 1. The fraction of sp³-hybridized carbons (Fsp3) is 0.611. The van der Waals surface area contributed by atoms with E-state index < -0.39 is 5.54 Å². The minimum absolute atomic E-state index is 0.489. The second-order valence-electron chi connectivity index (χ2n) is 6.15. The highest BCUT2D eigenvalue weighted by Crippen LogP contribution is 2.24. The predicted octanol–water partition coefficient (Wildman–Crippen LogP) is 4.17. The van der Waals surface area contributed by atoms with Gasteiger partial charge in [0, 0.05) is 6.42 Å². The highest BCUT2D eigenvalue weighted by Gasteiger charge is 2.22. The maximum absolute atomic E-state index is 9.31. The molecule has 0 aromatic heterocycles. The van der Waals surface area contributed by atoms with Gasteiger partial charge in [0.05, 0.1) is 12.7 Å². The number of nitrogens with one attached hydrogen (secondary N) is 1. The van der Waals surface area contributed by atoms with E-state index in [2.05, 4.69) is 57.3 Å². The number of ether oxygens (including phenoxy) is 1. The van der Waals surface area contributed by atoms with E-state index >= 15 is 0 Å². The maximum atomic E-state index is 9.31. The number of hydrogen-bond acceptors (Lipinski definition) is 3. The third kappa shape index (κ3) is 5.40. The van der Waals surface area contributed by atoms with Crippen LogP contribution in [-0.2, 0) is 0 Å². The summed E-state index contributed by atoms with van der Waals surface area (Å²) < 4.78 is 5.91. The van der Waals surface area contributed by atoms with Crippen LogP contribution in [0.15, 0.2) is 18.2 Å². The summed E-state index contributed by atoms with van der Waals surface area (Å²) in [5, 5.41) is 12.6. The molecule has 116 valence electrons. The molecule has 0 bridgehead atoms. The van der Waals surface area contributed by atoms with Crippen molar-refractivity contribution < 1.29 is 4.74 Å². The Morgan fingerprint density at radius 1 is 1.38 bits per heavy atom. The normalized spacial score (nSPS) is 13.8. The maximum Gasteiger partial charge on any atom is 0.122 e. The van der Waals surface area contributed by atoms with Crippen molar-refractivity contribution in [2.75, 3.05) is 13.2 Å². The van der Waals surface area contributed by atoms with E-state index in [4.69, 9.17) is 4.74 Å². The zero-order valence-electron chi connectivity index (χ0n) is 14.0. The molecule has 0 aliphatic carbocycles. The van der Waals surface area contributed by atoms with Crippen LogP contribution in [0.3, 0.4) is 0 Å². The molecule has 1 aromatic rings. The van der Waals surface area contributed by atoms with E-state index in [1.807, 2.05) is 6.92 Å². The molecule has 1 aromatic carbocycles. The van der Waals surface area contributed by atoms with Crippen molar-refractivity contribution in [2.24, 2.45) is 0 Å². The van der Waals surface area contributed by atoms with Gasteiger partial charge in [-0.15, -0.1) is 0 Å². The van der Waals surface area contributed by atoms with Gasteiger partial charge in [0.15, 0.2) is 0 Å². The molecule has 1 unspecified atom stereocenters. The van der Waals surface area contributed by atoms with E-state index in [-0.39, 0.29) is 0 Å². The van der Waals surface area contributed by atoms with Crippen LogP contribution in [-0.4, -0.2) is 18.7 Å². The Hall–Kier alpha value is -1.53. The standard InChI is InChI=1S/C18H28N2O/c1-6-10-20-18(5,13-19)9-11-21-17-12-16(14(2)3)8-7-15(17)4/h7-8,12,14,20H,6,9-11H2,1-5H3. The lowest BCUT2D eigenvalue weighted by molar-refractivity contribution is 0.265. The topological polar surface area (TPSA) is 45.0 Å². The molecule has 1 atom stereocenters. The van der Waals surface area contributed by atoms with Crippen LogP contribution in [0.4, 0.5) is 0 Å². The van der Waals surface area contributed by atoms with Crippen LogP contribution < -0.4 is 10.1 Å². The van der Waals surface area contributed by atoms with Crippen LogP contribution in [0.2, 0.25) is 0 Å². The number of aryl methyl sites for hydroxylation is 1. The largest absolute Gasteiger partial charge is 0.493 e. The molecule has 0 spiro atoms. The second-order valence-corrected chi connectivity index (χ2v) is 6.15. The van der Waals surface area contributed by atoms with Crippen LogP contribution in [0.1, 0.15) is 57.6 Å². The molecule has 0 amide bonds. The van der Waals surface area contributed by atoms with Crippen molar-refractivity contribution in [1.82, 2.24) is 5.32 Å². The molecular formula is C18H28N2O. The summed E-state index contributed by atoms with van der Waals surface area (Å²) in [6, 6.07) is 8.72. The minimum atomic E-state index is -0.514. The fourth-order valence-electron chi connectivity index (χ4n) is 2.08. The summed E-state index contributed by atoms with van der Waals surface area (Å²) in [5.41, 5.74) is 1.90.